The number of rotatable bonds is 3. The molecule has 0 radical (unpaired) electrons. The first-order chi connectivity index (χ1) is 12.2. The molecule has 1 amide bonds. The van der Waals surface area contributed by atoms with Crippen LogP contribution in [0.3, 0.4) is 0 Å². The van der Waals surface area contributed by atoms with E-state index in [9.17, 15) is 10.1 Å². The molecule has 3 aromatic rings. The summed E-state index contributed by atoms with van der Waals surface area (Å²) in [6.07, 6.45) is 5.94. The number of nitrogens with one attached hydrogen (secondary N) is 1. The van der Waals surface area contributed by atoms with E-state index in [4.69, 9.17) is 16.0 Å². The van der Waals surface area contributed by atoms with Crippen molar-refractivity contribution in [3.63, 3.8) is 0 Å². The van der Waals surface area contributed by atoms with Gasteiger partial charge in [-0.05, 0) is 49.4 Å². The zero-order valence-electron chi connectivity index (χ0n) is 13.4. The van der Waals surface area contributed by atoms with Gasteiger partial charge in [-0.1, -0.05) is 11.6 Å². The fourth-order valence-electron chi connectivity index (χ4n) is 3.31. The number of thiophene rings is 1. The lowest BCUT2D eigenvalue weighted by molar-refractivity contribution is -0.115. The molecule has 0 saturated carbocycles. The second-order valence-electron chi connectivity index (χ2n) is 6.15. The molecule has 4 rings (SSSR count). The average Bonchev–Trinajstić information content (AvgIpc) is 3.15. The zero-order valence-corrected chi connectivity index (χ0v) is 15.0. The highest BCUT2D eigenvalue weighted by Gasteiger charge is 2.22. The largest absolute Gasteiger partial charge is 0.464 e. The molecule has 0 atom stereocenters. The highest BCUT2D eigenvalue weighted by atomic mass is 35.5. The van der Waals surface area contributed by atoms with Gasteiger partial charge in [-0.15, -0.1) is 11.3 Å². The van der Waals surface area contributed by atoms with Crippen LogP contribution in [0.1, 0.15) is 34.4 Å². The SMILES string of the molecule is N#Cc1c(NC(=O)Cc2coc3ccc(Cl)cc23)sc2c1CCCC2. The number of nitriles is 1. The molecule has 2 heterocycles. The Morgan fingerprint density at radius 3 is 3.04 bits per heavy atom. The van der Waals surface area contributed by atoms with Gasteiger partial charge in [0.2, 0.25) is 5.91 Å². The lowest BCUT2D eigenvalue weighted by Gasteiger charge is -2.09. The third-order valence-electron chi connectivity index (χ3n) is 4.50. The van der Waals surface area contributed by atoms with E-state index in [-0.39, 0.29) is 12.3 Å². The van der Waals surface area contributed by atoms with Gasteiger partial charge in [0, 0.05) is 20.8 Å². The fourth-order valence-corrected chi connectivity index (χ4v) is 4.73. The Balaban J connectivity index is 1.57. The first-order valence-corrected chi connectivity index (χ1v) is 9.35. The Bertz CT molecular complexity index is 1010. The molecule has 0 bridgehead atoms. The summed E-state index contributed by atoms with van der Waals surface area (Å²) in [7, 11) is 0. The van der Waals surface area contributed by atoms with Crippen LogP contribution in [0.5, 0.6) is 0 Å². The quantitative estimate of drug-likeness (QED) is 0.699. The summed E-state index contributed by atoms with van der Waals surface area (Å²) in [4.78, 5) is 13.7. The standard InChI is InChI=1S/C19H15ClN2O2S/c20-12-5-6-16-14(8-12)11(10-24-16)7-18(23)22-19-15(9-21)13-3-1-2-4-17(13)25-19/h5-6,8,10H,1-4,7H2,(H,22,23). The van der Waals surface area contributed by atoms with E-state index < -0.39 is 0 Å². The molecule has 0 saturated heterocycles. The summed E-state index contributed by atoms with van der Waals surface area (Å²) in [5.74, 6) is -0.155. The molecular weight excluding hydrogens is 356 g/mol. The lowest BCUT2D eigenvalue weighted by atomic mass is 9.96. The molecule has 0 aliphatic heterocycles. The van der Waals surface area contributed by atoms with Gasteiger partial charge in [0.05, 0.1) is 18.2 Å². The number of amides is 1. The molecule has 4 nitrogen and oxygen atoms in total. The topological polar surface area (TPSA) is 66.0 Å². The maximum Gasteiger partial charge on any atom is 0.229 e. The van der Waals surface area contributed by atoms with E-state index in [0.717, 1.165) is 42.2 Å². The van der Waals surface area contributed by atoms with Crippen LogP contribution in [0.25, 0.3) is 11.0 Å². The highest BCUT2D eigenvalue weighted by molar-refractivity contribution is 7.16. The summed E-state index contributed by atoms with van der Waals surface area (Å²) in [5, 5.41) is 14.5. The van der Waals surface area contributed by atoms with E-state index in [1.54, 1.807) is 24.5 Å². The summed E-state index contributed by atoms with van der Waals surface area (Å²) in [6, 6.07) is 7.61. The molecular formula is C19H15ClN2O2S. The number of aryl methyl sites for hydroxylation is 1. The number of hydrogen-bond donors (Lipinski definition) is 1. The minimum absolute atomic E-state index is 0.155. The van der Waals surface area contributed by atoms with Crippen molar-refractivity contribution in [2.75, 3.05) is 5.32 Å². The molecule has 0 spiro atoms. The Morgan fingerprint density at radius 1 is 1.36 bits per heavy atom. The van der Waals surface area contributed by atoms with Crippen LogP contribution in [0.4, 0.5) is 5.00 Å². The van der Waals surface area contributed by atoms with Crippen molar-refractivity contribution in [2.45, 2.75) is 32.1 Å². The summed E-state index contributed by atoms with van der Waals surface area (Å²) in [6.45, 7) is 0. The number of halogens is 1. The molecule has 1 aromatic carbocycles. The number of carbonyl (C=O) groups is 1. The lowest BCUT2D eigenvalue weighted by Crippen LogP contribution is -2.14. The van der Waals surface area contributed by atoms with E-state index in [1.807, 2.05) is 0 Å². The number of benzene rings is 1. The fraction of sp³-hybridized carbons (Fsp3) is 0.263. The van der Waals surface area contributed by atoms with Gasteiger partial charge in [0.15, 0.2) is 0 Å². The number of anilines is 1. The van der Waals surface area contributed by atoms with E-state index in [2.05, 4.69) is 11.4 Å². The Morgan fingerprint density at radius 2 is 2.20 bits per heavy atom. The molecule has 126 valence electrons. The normalized spacial score (nSPS) is 13.4. The molecule has 2 aromatic heterocycles. The number of hydrogen-bond acceptors (Lipinski definition) is 4. The molecule has 1 aliphatic carbocycles. The van der Waals surface area contributed by atoms with Gasteiger partial charge in [-0.3, -0.25) is 4.79 Å². The number of nitrogens with zero attached hydrogens (tertiary/aromatic N) is 1. The Kier molecular flexibility index (Phi) is 4.24. The van der Waals surface area contributed by atoms with Crippen LogP contribution in [-0.4, -0.2) is 5.91 Å². The van der Waals surface area contributed by atoms with Crippen molar-refractivity contribution in [3.05, 3.63) is 51.1 Å². The van der Waals surface area contributed by atoms with Crippen molar-refractivity contribution in [1.82, 2.24) is 0 Å². The van der Waals surface area contributed by atoms with Crippen LogP contribution in [0.15, 0.2) is 28.9 Å². The third-order valence-corrected chi connectivity index (χ3v) is 5.95. The van der Waals surface area contributed by atoms with Crippen molar-refractivity contribution in [3.8, 4) is 6.07 Å². The van der Waals surface area contributed by atoms with Crippen LogP contribution in [-0.2, 0) is 24.1 Å². The molecule has 0 fully saturated rings. The van der Waals surface area contributed by atoms with Crippen LogP contribution in [0, 0.1) is 11.3 Å². The average molecular weight is 371 g/mol. The molecule has 25 heavy (non-hydrogen) atoms. The van der Waals surface area contributed by atoms with Crippen molar-refractivity contribution in [1.29, 1.82) is 5.26 Å². The van der Waals surface area contributed by atoms with Crippen LogP contribution in [0.2, 0.25) is 5.02 Å². The van der Waals surface area contributed by atoms with Gasteiger partial charge in [-0.25, -0.2) is 0 Å². The summed E-state index contributed by atoms with van der Waals surface area (Å²) < 4.78 is 5.48. The summed E-state index contributed by atoms with van der Waals surface area (Å²) >= 11 is 7.57. The number of carbonyl (C=O) groups excluding carboxylic acids is 1. The second-order valence-corrected chi connectivity index (χ2v) is 7.69. The molecule has 6 heteroatoms. The van der Waals surface area contributed by atoms with Gasteiger partial charge in [0.25, 0.3) is 0 Å². The minimum atomic E-state index is -0.155. The maximum atomic E-state index is 12.5. The van der Waals surface area contributed by atoms with Gasteiger partial charge in [0.1, 0.15) is 16.7 Å². The van der Waals surface area contributed by atoms with Gasteiger partial charge >= 0.3 is 0 Å². The Hall–Kier alpha value is -2.29. The van der Waals surface area contributed by atoms with Crippen molar-refractivity contribution in [2.24, 2.45) is 0 Å². The maximum absolute atomic E-state index is 12.5. The second kappa shape index (κ2) is 6.55. The van der Waals surface area contributed by atoms with Gasteiger partial charge in [-0.2, -0.15) is 5.26 Å². The van der Waals surface area contributed by atoms with Gasteiger partial charge < -0.3 is 9.73 Å². The Labute approximate surface area is 154 Å². The molecule has 1 aliphatic rings. The van der Waals surface area contributed by atoms with E-state index >= 15 is 0 Å². The molecule has 1 N–H and O–H groups in total. The zero-order chi connectivity index (χ0) is 17.4. The van der Waals surface area contributed by atoms with Crippen LogP contribution < -0.4 is 5.32 Å². The van der Waals surface area contributed by atoms with Crippen LogP contribution >= 0.6 is 22.9 Å². The smallest absolute Gasteiger partial charge is 0.229 e. The number of fused-ring (bicyclic) bond motifs is 2. The van der Waals surface area contributed by atoms with E-state index in [0.29, 0.717) is 21.2 Å². The highest BCUT2D eigenvalue weighted by Crippen LogP contribution is 2.37. The predicted octanol–water partition coefficient (Wildman–Crippen LogP) is 5.08. The minimum Gasteiger partial charge on any atom is -0.464 e. The third kappa shape index (κ3) is 3.04. The first-order valence-electron chi connectivity index (χ1n) is 8.16. The summed E-state index contributed by atoms with van der Waals surface area (Å²) in [5.41, 5.74) is 3.24. The van der Waals surface area contributed by atoms with Crippen molar-refractivity contribution < 1.29 is 9.21 Å². The van der Waals surface area contributed by atoms with E-state index in [1.165, 1.54) is 16.2 Å². The predicted molar refractivity (Wildman–Crippen MR) is 99.2 cm³/mol. The monoisotopic (exact) mass is 370 g/mol. The number of furan rings is 1. The molecule has 0 unspecified atom stereocenters. The van der Waals surface area contributed by atoms with Crippen molar-refractivity contribution >= 4 is 44.8 Å². The first kappa shape index (κ1) is 16.2.